The van der Waals surface area contributed by atoms with Gasteiger partial charge in [-0.2, -0.15) is 0 Å². The monoisotopic (exact) mass is 248 g/mol. The molecule has 0 bridgehead atoms. The molecular formula is C14H20N2O2. The Morgan fingerprint density at radius 3 is 2.72 bits per heavy atom. The zero-order valence-corrected chi connectivity index (χ0v) is 10.9. The molecule has 1 aromatic carbocycles. The van der Waals surface area contributed by atoms with E-state index in [2.05, 4.69) is 11.4 Å². The molecule has 0 aromatic heterocycles. The van der Waals surface area contributed by atoms with Crippen LogP contribution < -0.4 is 15.8 Å². The highest BCUT2D eigenvalue weighted by atomic mass is 16.5. The summed E-state index contributed by atoms with van der Waals surface area (Å²) in [5, 5.41) is 2.92. The highest BCUT2D eigenvalue weighted by molar-refractivity contribution is 5.81. The Balaban J connectivity index is 2.10. The van der Waals surface area contributed by atoms with E-state index in [1.807, 2.05) is 18.2 Å². The maximum atomic E-state index is 11.5. The zero-order valence-electron chi connectivity index (χ0n) is 10.9. The summed E-state index contributed by atoms with van der Waals surface area (Å²) in [6.45, 7) is 2.33. The zero-order chi connectivity index (χ0) is 13.2. The standard InChI is InChI=1S/C14H20N2O2/c1-10(15)13(17)16-9-14(7-8-14)11-5-3-4-6-12(11)18-2/h3-6,10H,7-9,15H2,1-2H3,(H,16,17). The number of hydrogen-bond donors (Lipinski definition) is 2. The quantitative estimate of drug-likeness (QED) is 0.822. The SMILES string of the molecule is COc1ccccc1C1(CNC(=O)C(C)N)CC1. The predicted octanol–water partition coefficient (Wildman–Crippen LogP) is 1.19. The molecule has 0 spiro atoms. The maximum Gasteiger partial charge on any atom is 0.236 e. The van der Waals surface area contributed by atoms with Gasteiger partial charge in [0, 0.05) is 17.5 Å². The Morgan fingerprint density at radius 1 is 1.50 bits per heavy atom. The third-order valence-corrected chi connectivity index (χ3v) is 3.55. The molecule has 1 atom stereocenters. The van der Waals surface area contributed by atoms with Crippen LogP contribution in [-0.2, 0) is 10.2 Å². The van der Waals surface area contributed by atoms with Crippen molar-refractivity contribution in [2.75, 3.05) is 13.7 Å². The van der Waals surface area contributed by atoms with Gasteiger partial charge in [0.1, 0.15) is 5.75 Å². The van der Waals surface area contributed by atoms with Crippen molar-refractivity contribution in [3.05, 3.63) is 29.8 Å². The van der Waals surface area contributed by atoms with E-state index in [9.17, 15) is 4.79 Å². The summed E-state index contributed by atoms with van der Waals surface area (Å²) in [6, 6.07) is 7.54. The number of rotatable bonds is 5. The fourth-order valence-electron chi connectivity index (χ4n) is 2.19. The smallest absolute Gasteiger partial charge is 0.236 e. The molecule has 1 aliphatic carbocycles. The van der Waals surface area contributed by atoms with Gasteiger partial charge in [-0.1, -0.05) is 18.2 Å². The van der Waals surface area contributed by atoms with Crippen molar-refractivity contribution in [1.29, 1.82) is 0 Å². The van der Waals surface area contributed by atoms with Crippen molar-refractivity contribution >= 4 is 5.91 Å². The molecule has 1 aromatic rings. The topological polar surface area (TPSA) is 64.3 Å². The van der Waals surface area contributed by atoms with Gasteiger partial charge in [0.15, 0.2) is 0 Å². The third kappa shape index (κ3) is 2.48. The first kappa shape index (κ1) is 12.9. The van der Waals surface area contributed by atoms with Crippen LogP contribution in [0.4, 0.5) is 0 Å². The van der Waals surface area contributed by atoms with Gasteiger partial charge in [-0.3, -0.25) is 4.79 Å². The van der Waals surface area contributed by atoms with E-state index in [0.29, 0.717) is 6.54 Å². The summed E-state index contributed by atoms with van der Waals surface area (Å²) in [6.07, 6.45) is 2.15. The van der Waals surface area contributed by atoms with Crippen LogP contribution in [0.5, 0.6) is 5.75 Å². The van der Waals surface area contributed by atoms with Crippen LogP contribution in [0, 0.1) is 0 Å². The molecule has 4 heteroatoms. The molecule has 3 N–H and O–H groups in total. The van der Waals surface area contributed by atoms with Gasteiger partial charge < -0.3 is 15.8 Å². The number of carbonyl (C=O) groups excluding carboxylic acids is 1. The van der Waals surface area contributed by atoms with E-state index in [4.69, 9.17) is 10.5 Å². The van der Waals surface area contributed by atoms with Crippen LogP contribution in [-0.4, -0.2) is 25.6 Å². The number of hydrogen-bond acceptors (Lipinski definition) is 3. The first-order valence-corrected chi connectivity index (χ1v) is 6.26. The van der Waals surface area contributed by atoms with Crippen molar-refractivity contribution in [2.24, 2.45) is 5.73 Å². The molecule has 18 heavy (non-hydrogen) atoms. The average molecular weight is 248 g/mol. The summed E-state index contributed by atoms with van der Waals surface area (Å²) in [5.41, 5.74) is 6.76. The van der Waals surface area contributed by atoms with Crippen molar-refractivity contribution in [2.45, 2.75) is 31.2 Å². The van der Waals surface area contributed by atoms with E-state index in [0.717, 1.165) is 18.6 Å². The number of para-hydroxylation sites is 1. The van der Waals surface area contributed by atoms with Crippen molar-refractivity contribution in [3.63, 3.8) is 0 Å². The van der Waals surface area contributed by atoms with Crippen molar-refractivity contribution in [3.8, 4) is 5.75 Å². The van der Waals surface area contributed by atoms with Crippen LogP contribution in [0.25, 0.3) is 0 Å². The Bertz CT molecular complexity index is 439. The number of methoxy groups -OCH3 is 1. The highest BCUT2D eigenvalue weighted by Gasteiger charge is 2.46. The molecule has 1 saturated carbocycles. The van der Waals surface area contributed by atoms with Crippen molar-refractivity contribution < 1.29 is 9.53 Å². The van der Waals surface area contributed by atoms with Gasteiger partial charge in [-0.25, -0.2) is 0 Å². The number of carbonyl (C=O) groups is 1. The molecule has 1 fully saturated rings. The van der Waals surface area contributed by atoms with Crippen LogP contribution in [0.2, 0.25) is 0 Å². The Hall–Kier alpha value is -1.55. The second-order valence-electron chi connectivity index (χ2n) is 4.99. The Kier molecular flexibility index (Phi) is 3.57. The normalized spacial score (nSPS) is 17.9. The van der Waals surface area contributed by atoms with Crippen LogP contribution in [0.15, 0.2) is 24.3 Å². The van der Waals surface area contributed by atoms with Gasteiger partial charge in [-0.05, 0) is 25.8 Å². The molecule has 0 radical (unpaired) electrons. The number of nitrogens with two attached hydrogens (primary N) is 1. The van der Waals surface area contributed by atoms with Gasteiger partial charge >= 0.3 is 0 Å². The second-order valence-corrected chi connectivity index (χ2v) is 4.99. The molecule has 1 unspecified atom stereocenters. The molecular weight excluding hydrogens is 228 g/mol. The first-order valence-electron chi connectivity index (χ1n) is 6.26. The fourth-order valence-corrected chi connectivity index (χ4v) is 2.19. The summed E-state index contributed by atoms with van der Waals surface area (Å²) in [7, 11) is 1.68. The molecule has 98 valence electrons. The number of ether oxygens (including phenoxy) is 1. The summed E-state index contributed by atoms with van der Waals surface area (Å²) < 4.78 is 5.39. The lowest BCUT2D eigenvalue weighted by Gasteiger charge is -2.20. The molecule has 2 rings (SSSR count). The molecule has 1 aliphatic rings. The minimum absolute atomic E-state index is 0.0388. The first-order chi connectivity index (χ1) is 8.59. The Morgan fingerprint density at radius 2 is 2.17 bits per heavy atom. The maximum absolute atomic E-state index is 11.5. The fraction of sp³-hybridized carbons (Fsp3) is 0.500. The summed E-state index contributed by atoms with van der Waals surface area (Å²) >= 11 is 0. The van der Waals surface area contributed by atoms with Gasteiger partial charge in [0.2, 0.25) is 5.91 Å². The van der Waals surface area contributed by atoms with Crippen molar-refractivity contribution in [1.82, 2.24) is 5.32 Å². The van der Waals surface area contributed by atoms with Crippen LogP contribution >= 0.6 is 0 Å². The predicted molar refractivity (Wildman–Crippen MR) is 70.6 cm³/mol. The highest BCUT2D eigenvalue weighted by Crippen LogP contribution is 2.50. The number of benzene rings is 1. The largest absolute Gasteiger partial charge is 0.496 e. The van der Waals surface area contributed by atoms with Gasteiger partial charge in [-0.15, -0.1) is 0 Å². The van der Waals surface area contributed by atoms with E-state index >= 15 is 0 Å². The lowest BCUT2D eigenvalue weighted by Crippen LogP contribution is -2.41. The van der Waals surface area contributed by atoms with Gasteiger partial charge in [0.25, 0.3) is 0 Å². The second kappa shape index (κ2) is 4.98. The average Bonchev–Trinajstić information content (AvgIpc) is 3.17. The molecule has 4 nitrogen and oxygen atoms in total. The summed E-state index contributed by atoms with van der Waals surface area (Å²) in [5.74, 6) is 0.793. The molecule has 0 heterocycles. The lowest BCUT2D eigenvalue weighted by atomic mass is 9.95. The molecule has 0 aliphatic heterocycles. The van der Waals surface area contributed by atoms with E-state index in [-0.39, 0.29) is 11.3 Å². The summed E-state index contributed by atoms with van der Waals surface area (Å²) in [4.78, 5) is 11.5. The lowest BCUT2D eigenvalue weighted by molar-refractivity contribution is -0.122. The van der Waals surface area contributed by atoms with Crippen LogP contribution in [0.3, 0.4) is 0 Å². The van der Waals surface area contributed by atoms with E-state index < -0.39 is 6.04 Å². The minimum atomic E-state index is -0.460. The van der Waals surface area contributed by atoms with Gasteiger partial charge in [0.05, 0.1) is 13.2 Å². The minimum Gasteiger partial charge on any atom is -0.496 e. The van der Waals surface area contributed by atoms with Crippen LogP contribution in [0.1, 0.15) is 25.3 Å². The third-order valence-electron chi connectivity index (χ3n) is 3.55. The molecule has 0 saturated heterocycles. The Labute approximate surface area is 108 Å². The molecule has 1 amide bonds. The number of amides is 1. The van der Waals surface area contributed by atoms with E-state index in [1.165, 1.54) is 5.56 Å². The van der Waals surface area contributed by atoms with E-state index in [1.54, 1.807) is 14.0 Å². The number of nitrogens with one attached hydrogen (secondary N) is 1.